The summed E-state index contributed by atoms with van der Waals surface area (Å²) < 4.78 is 0. The van der Waals surface area contributed by atoms with Gasteiger partial charge in [0.2, 0.25) is 0 Å². The highest BCUT2D eigenvalue weighted by molar-refractivity contribution is 5.32. The van der Waals surface area contributed by atoms with Crippen LogP contribution < -0.4 is 5.32 Å². The van der Waals surface area contributed by atoms with E-state index in [2.05, 4.69) is 48.3 Å². The maximum Gasteiger partial charge on any atom is 0.0111 e. The van der Waals surface area contributed by atoms with Crippen LogP contribution >= 0.6 is 0 Å². The summed E-state index contributed by atoms with van der Waals surface area (Å²) >= 11 is 0. The zero-order chi connectivity index (χ0) is 13.5. The van der Waals surface area contributed by atoms with Gasteiger partial charge in [-0.05, 0) is 56.2 Å². The molecule has 0 fully saturated rings. The summed E-state index contributed by atoms with van der Waals surface area (Å²) in [6.45, 7) is 5.29. The Bertz CT molecular complexity index is 427. The monoisotopic (exact) mass is 255 g/mol. The van der Waals surface area contributed by atoms with Crippen LogP contribution in [0, 0.1) is 17.8 Å². The lowest BCUT2D eigenvalue weighted by molar-refractivity contribution is 0.348. The fourth-order valence-corrected chi connectivity index (χ4v) is 3.06. The van der Waals surface area contributed by atoms with Gasteiger partial charge in [-0.25, -0.2) is 0 Å². The summed E-state index contributed by atoms with van der Waals surface area (Å²) in [4.78, 5) is 0. The molecule has 0 amide bonds. The first-order valence-electron chi connectivity index (χ1n) is 7.55. The Hall–Kier alpha value is -1.26. The van der Waals surface area contributed by atoms with Crippen molar-refractivity contribution in [2.75, 3.05) is 6.54 Å². The molecule has 2 rings (SSSR count). The van der Waals surface area contributed by atoms with Crippen molar-refractivity contribution in [1.82, 2.24) is 5.32 Å². The largest absolute Gasteiger partial charge is 0.314 e. The lowest BCUT2D eigenvalue weighted by Gasteiger charge is -2.24. The quantitative estimate of drug-likeness (QED) is 0.766. The van der Waals surface area contributed by atoms with Crippen molar-refractivity contribution in [3.63, 3.8) is 0 Å². The van der Waals surface area contributed by atoms with E-state index in [9.17, 15) is 0 Å². The van der Waals surface area contributed by atoms with E-state index in [0.717, 1.165) is 18.9 Å². The van der Waals surface area contributed by atoms with Gasteiger partial charge in [-0.15, -0.1) is 11.8 Å². The molecule has 19 heavy (non-hydrogen) atoms. The summed E-state index contributed by atoms with van der Waals surface area (Å²) in [6, 6.07) is 9.53. The van der Waals surface area contributed by atoms with Gasteiger partial charge in [0.25, 0.3) is 0 Å². The first-order chi connectivity index (χ1) is 9.35. The van der Waals surface area contributed by atoms with E-state index in [4.69, 9.17) is 0 Å². The minimum absolute atomic E-state index is 0.619. The topological polar surface area (TPSA) is 12.0 Å². The number of benzene rings is 1. The molecule has 1 N–H and O–H groups in total. The van der Waals surface area contributed by atoms with Crippen molar-refractivity contribution < 1.29 is 0 Å². The molecule has 0 saturated heterocycles. The third-order valence-corrected chi connectivity index (χ3v) is 4.07. The molecule has 0 radical (unpaired) electrons. The maximum atomic E-state index is 3.74. The third kappa shape index (κ3) is 3.85. The summed E-state index contributed by atoms with van der Waals surface area (Å²) in [5, 5.41) is 3.74. The minimum Gasteiger partial charge on any atom is -0.314 e. The van der Waals surface area contributed by atoms with E-state index in [1.54, 1.807) is 11.1 Å². The average molecular weight is 255 g/mol. The number of hydrogen-bond donors (Lipinski definition) is 1. The number of rotatable bonds is 6. The molecule has 0 spiro atoms. The molecular formula is C18H25N. The van der Waals surface area contributed by atoms with Crippen LogP contribution in [0.4, 0.5) is 0 Å². The van der Waals surface area contributed by atoms with E-state index in [-0.39, 0.29) is 0 Å². The van der Waals surface area contributed by atoms with Gasteiger partial charge < -0.3 is 5.32 Å². The molecule has 1 aromatic rings. The Kier molecular flexibility index (Phi) is 5.48. The predicted molar refractivity (Wildman–Crippen MR) is 82.1 cm³/mol. The van der Waals surface area contributed by atoms with Gasteiger partial charge >= 0.3 is 0 Å². The molecule has 1 unspecified atom stereocenters. The van der Waals surface area contributed by atoms with E-state index in [0.29, 0.717) is 6.04 Å². The number of fused-ring (bicyclic) bond motifs is 1. The lowest BCUT2D eigenvalue weighted by Crippen LogP contribution is -2.37. The fourth-order valence-electron chi connectivity index (χ4n) is 3.06. The SMILES string of the molecule is CC#CCCC(NCCC)C1Cc2ccccc2C1. The van der Waals surface area contributed by atoms with Crippen LogP contribution in [0.3, 0.4) is 0 Å². The zero-order valence-corrected chi connectivity index (χ0v) is 12.2. The zero-order valence-electron chi connectivity index (χ0n) is 12.2. The fraction of sp³-hybridized carbons (Fsp3) is 0.556. The van der Waals surface area contributed by atoms with Crippen molar-refractivity contribution in [2.24, 2.45) is 5.92 Å². The summed E-state index contributed by atoms with van der Waals surface area (Å²) in [5.41, 5.74) is 3.11. The molecule has 1 aromatic carbocycles. The Labute approximate surface area is 117 Å². The van der Waals surface area contributed by atoms with Gasteiger partial charge in [-0.2, -0.15) is 0 Å². The van der Waals surface area contributed by atoms with Crippen LogP contribution in [0.1, 0.15) is 44.2 Å². The minimum atomic E-state index is 0.619. The van der Waals surface area contributed by atoms with Gasteiger partial charge in [-0.1, -0.05) is 31.2 Å². The van der Waals surface area contributed by atoms with E-state index >= 15 is 0 Å². The van der Waals surface area contributed by atoms with Crippen LogP contribution in [0.2, 0.25) is 0 Å². The first kappa shape index (κ1) is 14.2. The second-order valence-corrected chi connectivity index (χ2v) is 5.46. The second-order valence-electron chi connectivity index (χ2n) is 5.46. The molecule has 0 heterocycles. The van der Waals surface area contributed by atoms with Crippen molar-refractivity contribution in [3.8, 4) is 11.8 Å². The molecular weight excluding hydrogens is 230 g/mol. The van der Waals surface area contributed by atoms with Crippen molar-refractivity contribution in [3.05, 3.63) is 35.4 Å². The van der Waals surface area contributed by atoms with Gasteiger partial charge in [0.1, 0.15) is 0 Å². The Morgan fingerprint density at radius 1 is 1.26 bits per heavy atom. The summed E-state index contributed by atoms with van der Waals surface area (Å²) in [7, 11) is 0. The highest BCUT2D eigenvalue weighted by Gasteiger charge is 2.27. The summed E-state index contributed by atoms with van der Waals surface area (Å²) in [5.74, 6) is 6.97. The molecule has 1 atom stereocenters. The normalized spacial score (nSPS) is 15.7. The van der Waals surface area contributed by atoms with E-state index in [1.165, 1.54) is 25.7 Å². The van der Waals surface area contributed by atoms with Crippen LogP contribution in [0.25, 0.3) is 0 Å². The lowest BCUT2D eigenvalue weighted by atomic mass is 9.92. The molecule has 0 aliphatic heterocycles. The molecule has 0 saturated carbocycles. The van der Waals surface area contributed by atoms with Crippen molar-refractivity contribution in [2.45, 2.75) is 52.0 Å². The Morgan fingerprint density at radius 3 is 2.53 bits per heavy atom. The Morgan fingerprint density at radius 2 is 1.95 bits per heavy atom. The average Bonchev–Trinajstić information content (AvgIpc) is 2.86. The molecule has 1 nitrogen and oxygen atoms in total. The molecule has 0 aromatic heterocycles. The first-order valence-corrected chi connectivity index (χ1v) is 7.55. The standard InChI is InChI=1S/C18H25N/c1-3-5-6-11-18(19-12-4-2)17-13-15-9-7-8-10-16(15)14-17/h7-10,17-19H,4,6,11-14H2,1-2H3. The predicted octanol–water partition coefficient (Wildman–Crippen LogP) is 3.57. The van der Waals surface area contributed by atoms with Crippen LogP contribution in [0.15, 0.2) is 24.3 Å². The van der Waals surface area contributed by atoms with Gasteiger partial charge in [-0.3, -0.25) is 0 Å². The summed E-state index contributed by atoms with van der Waals surface area (Å²) in [6.07, 6.45) is 5.87. The van der Waals surface area contributed by atoms with Crippen molar-refractivity contribution >= 4 is 0 Å². The molecule has 0 bridgehead atoms. The second kappa shape index (κ2) is 7.36. The van der Waals surface area contributed by atoms with Gasteiger partial charge in [0.15, 0.2) is 0 Å². The van der Waals surface area contributed by atoms with Crippen LogP contribution in [-0.2, 0) is 12.8 Å². The van der Waals surface area contributed by atoms with Crippen molar-refractivity contribution in [1.29, 1.82) is 0 Å². The van der Waals surface area contributed by atoms with E-state index in [1.807, 2.05) is 6.92 Å². The van der Waals surface area contributed by atoms with Crippen LogP contribution in [0.5, 0.6) is 0 Å². The molecule has 1 aliphatic carbocycles. The molecule has 1 aliphatic rings. The maximum absolute atomic E-state index is 3.74. The third-order valence-electron chi connectivity index (χ3n) is 4.07. The Balaban J connectivity index is 1.97. The van der Waals surface area contributed by atoms with Gasteiger partial charge in [0.05, 0.1) is 0 Å². The smallest absolute Gasteiger partial charge is 0.0111 e. The van der Waals surface area contributed by atoms with E-state index < -0.39 is 0 Å². The highest BCUT2D eigenvalue weighted by Crippen LogP contribution is 2.30. The van der Waals surface area contributed by atoms with Gasteiger partial charge in [0, 0.05) is 12.5 Å². The number of hydrogen-bond acceptors (Lipinski definition) is 1. The van der Waals surface area contributed by atoms with Crippen LogP contribution in [-0.4, -0.2) is 12.6 Å². The highest BCUT2D eigenvalue weighted by atomic mass is 14.9. The number of nitrogens with one attached hydrogen (secondary N) is 1. The molecule has 1 heteroatoms. The molecule has 102 valence electrons.